The van der Waals surface area contributed by atoms with Crippen molar-refractivity contribution in [1.82, 2.24) is 4.57 Å². The third-order valence-corrected chi connectivity index (χ3v) is 5.97. The Bertz CT molecular complexity index is 1380. The Kier molecular flexibility index (Phi) is 4.40. The maximum Gasteiger partial charge on any atom is 0.342 e. The highest BCUT2D eigenvalue weighted by Gasteiger charge is 2.33. The molecule has 0 spiro atoms. The molecule has 1 heterocycles. The molecule has 5 heteroatoms. The van der Waals surface area contributed by atoms with E-state index in [2.05, 4.69) is 6.07 Å². The number of methoxy groups -OCH3 is 1. The van der Waals surface area contributed by atoms with Gasteiger partial charge in [0, 0.05) is 23.9 Å². The molecule has 0 unspecified atom stereocenters. The van der Waals surface area contributed by atoms with Crippen LogP contribution in [0.4, 0.5) is 0 Å². The van der Waals surface area contributed by atoms with Gasteiger partial charge < -0.3 is 14.4 Å². The summed E-state index contributed by atoms with van der Waals surface area (Å²) in [5.74, 6) is -0.845. The predicted molar refractivity (Wildman–Crippen MR) is 118 cm³/mol. The molecule has 0 saturated carbocycles. The molecule has 5 rings (SSSR count). The lowest BCUT2D eigenvalue weighted by molar-refractivity contribution is 0.0599. The standard InChI is InChI=1S/C26H21NO4/c1-15-6-5-7-16(12-15)14-27-20-10-11-21(28)23(26(30)31-2)22(20)19-13-17-8-3-4-9-18(17)25(29)24(19)27/h3-12,28H,13-14H2,1-2H3. The number of phenols is 1. The Labute approximate surface area is 179 Å². The molecule has 31 heavy (non-hydrogen) atoms. The fourth-order valence-electron chi connectivity index (χ4n) is 4.62. The van der Waals surface area contributed by atoms with E-state index in [-0.39, 0.29) is 17.1 Å². The summed E-state index contributed by atoms with van der Waals surface area (Å²) in [6, 6.07) is 18.9. The van der Waals surface area contributed by atoms with Gasteiger partial charge in [0.25, 0.3) is 0 Å². The number of aromatic nitrogens is 1. The zero-order valence-corrected chi connectivity index (χ0v) is 17.3. The summed E-state index contributed by atoms with van der Waals surface area (Å²) in [4.78, 5) is 26.2. The molecule has 1 aromatic heterocycles. The monoisotopic (exact) mass is 411 g/mol. The van der Waals surface area contributed by atoms with Crippen LogP contribution in [0.3, 0.4) is 0 Å². The van der Waals surface area contributed by atoms with Crippen molar-refractivity contribution in [3.8, 4) is 5.75 Å². The number of aryl methyl sites for hydroxylation is 1. The van der Waals surface area contributed by atoms with Crippen LogP contribution in [-0.2, 0) is 17.7 Å². The second-order valence-electron chi connectivity index (χ2n) is 7.91. The number of ether oxygens (including phenoxy) is 1. The van der Waals surface area contributed by atoms with E-state index in [1.807, 2.05) is 54.0 Å². The number of benzene rings is 3. The molecule has 1 aliphatic carbocycles. The van der Waals surface area contributed by atoms with Crippen LogP contribution in [0, 0.1) is 6.92 Å². The molecule has 1 aliphatic rings. The maximum absolute atomic E-state index is 13.6. The highest BCUT2D eigenvalue weighted by Crippen LogP contribution is 2.40. The Hall–Kier alpha value is -3.86. The first-order valence-corrected chi connectivity index (χ1v) is 10.1. The van der Waals surface area contributed by atoms with E-state index in [1.165, 1.54) is 13.2 Å². The van der Waals surface area contributed by atoms with Crippen molar-refractivity contribution in [1.29, 1.82) is 0 Å². The topological polar surface area (TPSA) is 68.5 Å². The number of fused-ring (bicyclic) bond motifs is 4. The summed E-state index contributed by atoms with van der Waals surface area (Å²) >= 11 is 0. The predicted octanol–water partition coefficient (Wildman–Crippen LogP) is 4.63. The summed E-state index contributed by atoms with van der Waals surface area (Å²) in [6.07, 6.45) is 0.502. The van der Waals surface area contributed by atoms with Crippen molar-refractivity contribution >= 4 is 22.7 Å². The number of nitrogens with zero attached hydrogens (tertiary/aromatic N) is 1. The zero-order chi connectivity index (χ0) is 21.7. The number of carbonyl (C=O) groups is 2. The molecule has 0 radical (unpaired) electrons. The molecular weight excluding hydrogens is 390 g/mol. The number of phenolic OH excluding ortho intramolecular Hbond substituents is 1. The van der Waals surface area contributed by atoms with Crippen LogP contribution >= 0.6 is 0 Å². The van der Waals surface area contributed by atoms with Gasteiger partial charge >= 0.3 is 5.97 Å². The highest BCUT2D eigenvalue weighted by atomic mass is 16.5. The van der Waals surface area contributed by atoms with Gasteiger partial charge in [-0.05, 0) is 35.7 Å². The van der Waals surface area contributed by atoms with Crippen LogP contribution in [0.5, 0.6) is 5.75 Å². The lowest BCUT2D eigenvalue weighted by Gasteiger charge is -2.18. The lowest BCUT2D eigenvalue weighted by atomic mass is 9.87. The van der Waals surface area contributed by atoms with E-state index in [0.29, 0.717) is 29.6 Å². The molecule has 0 atom stereocenters. The van der Waals surface area contributed by atoms with Crippen molar-refractivity contribution in [3.05, 3.63) is 99.7 Å². The van der Waals surface area contributed by atoms with Gasteiger partial charge in [-0.3, -0.25) is 4.79 Å². The van der Waals surface area contributed by atoms with E-state index in [4.69, 9.17) is 4.74 Å². The number of esters is 1. The Morgan fingerprint density at radius 3 is 2.68 bits per heavy atom. The van der Waals surface area contributed by atoms with Crippen LogP contribution < -0.4 is 0 Å². The smallest absolute Gasteiger partial charge is 0.342 e. The summed E-state index contributed by atoms with van der Waals surface area (Å²) in [6.45, 7) is 2.51. The van der Waals surface area contributed by atoms with E-state index in [0.717, 1.165) is 27.8 Å². The van der Waals surface area contributed by atoms with E-state index >= 15 is 0 Å². The second-order valence-corrected chi connectivity index (χ2v) is 7.91. The minimum atomic E-state index is -0.620. The molecule has 3 aromatic carbocycles. The summed E-state index contributed by atoms with van der Waals surface area (Å²) in [5, 5.41) is 11.1. The summed E-state index contributed by atoms with van der Waals surface area (Å²) < 4.78 is 6.92. The molecule has 0 amide bonds. The Balaban J connectivity index is 1.84. The minimum Gasteiger partial charge on any atom is -0.507 e. The van der Waals surface area contributed by atoms with Gasteiger partial charge in [0.2, 0.25) is 5.78 Å². The van der Waals surface area contributed by atoms with Crippen LogP contribution in [0.1, 0.15) is 48.7 Å². The van der Waals surface area contributed by atoms with Crippen molar-refractivity contribution in [3.63, 3.8) is 0 Å². The zero-order valence-electron chi connectivity index (χ0n) is 17.3. The van der Waals surface area contributed by atoms with Crippen LogP contribution in [0.2, 0.25) is 0 Å². The molecule has 1 N–H and O–H groups in total. The largest absolute Gasteiger partial charge is 0.507 e. The van der Waals surface area contributed by atoms with Gasteiger partial charge in [-0.25, -0.2) is 4.79 Å². The molecule has 154 valence electrons. The average molecular weight is 411 g/mol. The van der Waals surface area contributed by atoms with Crippen LogP contribution in [0.25, 0.3) is 10.9 Å². The molecule has 0 aliphatic heterocycles. The molecule has 0 bridgehead atoms. The molecule has 4 aromatic rings. The lowest BCUT2D eigenvalue weighted by Crippen LogP contribution is -2.19. The third-order valence-electron chi connectivity index (χ3n) is 5.97. The molecule has 0 saturated heterocycles. The first kappa shape index (κ1) is 19.1. The number of aromatic hydroxyl groups is 1. The summed E-state index contributed by atoms with van der Waals surface area (Å²) in [5.41, 5.74) is 5.92. The number of rotatable bonds is 3. The third kappa shape index (κ3) is 2.93. The fraction of sp³-hybridized carbons (Fsp3) is 0.154. The van der Waals surface area contributed by atoms with E-state index in [1.54, 1.807) is 6.07 Å². The Morgan fingerprint density at radius 1 is 1.10 bits per heavy atom. The maximum atomic E-state index is 13.6. The van der Waals surface area contributed by atoms with Crippen LogP contribution in [-0.4, -0.2) is 28.5 Å². The van der Waals surface area contributed by atoms with Crippen molar-refractivity contribution < 1.29 is 19.4 Å². The van der Waals surface area contributed by atoms with Crippen molar-refractivity contribution in [2.75, 3.05) is 7.11 Å². The van der Waals surface area contributed by atoms with Crippen LogP contribution in [0.15, 0.2) is 60.7 Å². The first-order chi connectivity index (χ1) is 15.0. The van der Waals surface area contributed by atoms with Crippen molar-refractivity contribution in [2.24, 2.45) is 0 Å². The number of hydrogen-bond acceptors (Lipinski definition) is 4. The Morgan fingerprint density at radius 2 is 1.90 bits per heavy atom. The van der Waals surface area contributed by atoms with Gasteiger partial charge in [0.15, 0.2) is 0 Å². The van der Waals surface area contributed by atoms with E-state index in [9.17, 15) is 14.7 Å². The fourth-order valence-corrected chi connectivity index (χ4v) is 4.62. The SMILES string of the molecule is COC(=O)c1c(O)ccc2c1c1c(n2Cc2cccc(C)c2)C(=O)c2ccccc2C1. The molecular formula is C26H21NO4. The quantitative estimate of drug-likeness (QED) is 0.440. The first-order valence-electron chi connectivity index (χ1n) is 10.1. The normalized spacial score (nSPS) is 12.5. The van der Waals surface area contributed by atoms with Gasteiger partial charge in [-0.1, -0.05) is 54.1 Å². The average Bonchev–Trinajstić information content (AvgIpc) is 3.07. The summed E-state index contributed by atoms with van der Waals surface area (Å²) in [7, 11) is 1.29. The van der Waals surface area contributed by atoms with E-state index < -0.39 is 5.97 Å². The second kappa shape index (κ2) is 7.13. The number of carbonyl (C=O) groups excluding carboxylic acids is 2. The number of ketones is 1. The molecule has 5 nitrogen and oxygen atoms in total. The van der Waals surface area contributed by atoms with Gasteiger partial charge in [0.1, 0.15) is 11.3 Å². The van der Waals surface area contributed by atoms with Gasteiger partial charge in [-0.15, -0.1) is 0 Å². The molecule has 0 fully saturated rings. The minimum absolute atomic E-state index is 0.0731. The highest BCUT2D eigenvalue weighted by molar-refractivity contribution is 6.18. The van der Waals surface area contributed by atoms with Gasteiger partial charge in [-0.2, -0.15) is 0 Å². The van der Waals surface area contributed by atoms with Crippen molar-refractivity contribution in [2.45, 2.75) is 19.9 Å². The van der Waals surface area contributed by atoms with Gasteiger partial charge in [0.05, 0.1) is 18.3 Å². The number of hydrogen-bond donors (Lipinski definition) is 1.